The first-order valence-corrected chi connectivity index (χ1v) is 12.9. The predicted octanol–water partition coefficient (Wildman–Crippen LogP) is 7.06. The van der Waals surface area contributed by atoms with Crippen LogP contribution >= 0.6 is 11.6 Å². The Balaban J connectivity index is 1.48. The number of benzene rings is 4. The molecule has 0 fully saturated rings. The van der Waals surface area contributed by atoms with Crippen LogP contribution in [-0.4, -0.2) is 23.1 Å². The molecule has 0 unspecified atom stereocenters. The lowest BCUT2D eigenvalue weighted by molar-refractivity contribution is -0.384. The molecule has 0 radical (unpaired) electrons. The number of carbonyl (C=O) groups excluding carboxylic acids is 1. The zero-order valence-corrected chi connectivity index (χ0v) is 22.2. The maximum Gasteiger partial charge on any atom is 0.281 e. The number of hydrogen-bond acceptors (Lipinski definition) is 6. The van der Waals surface area contributed by atoms with E-state index in [1.165, 1.54) is 29.3 Å². The van der Waals surface area contributed by atoms with Crippen molar-refractivity contribution in [1.82, 2.24) is 0 Å². The summed E-state index contributed by atoms with van der Waals surface area (Å²) in [5.74, 6) is 0.718. The van der Waals surface area contributed by atoms with Crippen molar-refractivity contribution in [1.29, 1.82) is 0 Å². The van der Waals surface area contributed by atoms with Crippen molar-refractivity contribution in [2.75, 3.05) is 11.6 Å². The average Bonchev–Trinajstić information content (AvgIpc) is 3.29. The van der Waals surface area contributed by atoms with Crippen LogP contribution in [0.3, 0.4) is 0 Å². The van der Waals surface area contributed by atoms with Crippen molar-refractivity contribution in [3.05, 3.63) is 134 Å². The van der Waals surface area contributed by atoms with Gasteiger partial charge in [0, 0.05) is 28.3 Å². The maximum absolute atomic E-state index is 13.6. The number of rotatable bonds is 9. The average molecular weight is 554 g/mol. The molecule has 0 saturated carbocycles. The summed E-state index contributed by atoms with van der Waals surface area (Å²) in [6.45, 7) is 2.57. The Kier molecular flexibility index (Phi) is 7.89. The molecule has 5 rings (SSSR count). The number of amides is 1. The van der Waals surface area contributed by atoms with Crippen LogP contribution in [0.5, 0.6) is 11.5 Å². The standard InChI is InChI=1S/C31H24ClN3O5/c1-2-39-29-19-21(12-17-28(29)40-20-23-10-6-7-11-27(23)32)18-26-30(22-8-4-3-5-9-22)33-34(31(26)36)24-13-15-25(16-14-24)35(37)38/h3-19H,2,20H2,1H3/b26-18+. The molecule has 1 heterocycles. The van der Waals surface area contributed by atoms with Crippen molar-refractivity contribution >= 4 is 40.7 Å². The second-order valence-corrected chi connectivity index (χ2v) is 9.19. The predicted molar refractivity (Wildman–Crippen MR) is 155 cm³/mol. The summed E-state index contributed by atoms with van der Waals surface area (Å²) < 4.78 is 11.9. The Morgan fingerprint density at radius 3 is 2.35 bits per heavy atom. The summed E-state index contributed by atoms with van der Waals surface area (Å²) in [7, 11) is 0. The van der Waals surface area contributed by atoms with E-state index in [9.17, 15) is 14.9 Å². The van der Waals surface area contributed by atoms with Crippen LogP contribution in [0.4, 0.5) is 11.4 Å². The molecule has 4 aromatic rings. The zero-order valence-electron chi connectivity index (χ0n) is 21.5. The van der Waals surface area contributed by atoms with Crippen LogP contribution in [-0.2, 0) is 11.4 Å². The number of anilines is 1. The fourth-order valence-corrected chi connectivity index (χ4v) is 4.37. The van der Waals surface area contributed by atoms with Gasteiger partial charge < -0.3 is 9.47 Å². The molecule has 8 nitrogen and oxygen atoms in total. The minimum Gasteiger partial charge on any atom is -0.490 e. The van der Waals surface area contributed by atoms with Crippen molar-refractivity contribution in [2.24, 2.45) is 5.10 Å². The molecule has 0 saturated heterocycles. The van der Waals surface area contributed by atoms with Crippen molar-refractivity contribution < 1.29 is 19.2 Å². The van der Waals surface area contributed by atoms with E-state index in [0.717, 1.165) is 11.1 Å². The van der Waals surface area contributed by atoms with E-state index >= 15 is 0 Å². The van der Waals surface area contributed by atoms with Crippen LogP contribution in [0, 0.1) is 10.1 Å². The van der Waals surface area contributed by atoms with E-state index in [1.807, 2.05) is 73.7 Å². The Morgan fingerprint density at radius 1 is 0.925 bits per heavy atom. The lowest BCUT2D eigenvalue weighted by atomic mass is 10.00. The highest BCUT2D eigenvalue weighted by molar-refractivity contribution is 6.37. The van der Waals surface area contributed by atoms with Gasteiger partial charge in [0.25, 0.3) is 11.6 Å². The normalized spacial score (nSPS) is 13.8. The van der Waals surface area contributed by atoms with Gasteiger partial charge in [0.2, 0.25) is 0 Å². The van der Waals surface area contributed by atoms with Gasteiger partial charge in [-0.1, -0.05) is 66.2 Å². The molecule has 0 spiro atoms. The largest absolute Gasteiger partial charge is 0.490 e. The number of ether oxygens (including phenoxy) is 2. The molecule has 200 valence electrons. The van der Waals surface area contributed by atoms with Gasteiger partial charge in [-0.2, -0.15) is 10.1 Å². The van der Waals surface area contributed by atoms with Crippen LogP contribution in [0.15, 0.2) is 108 Å². The summed E-state index contributed by atoms with van der Waals surface area (Å²) >= 11 is 6.27. The van der Waals surface area contributed by atoms with E-state index in [1.54, 1.807) is 12.1 Å². The monoisotopic (exact) mass is 553 g/mol. The molecule has 0 N–H and O–H groups in total. The van der Waals surface area contributed by atoms with E-state index in [4.69, 9.17) is 21.1 Å². The first-order chi connectivity index (χ1) is 19.4. The zero-order chi connectivity index (χ0) is 28.1. The van der Waals surface area contributed by atoms with Crippen molar-refractivity contribution in [3.8, 4) is 11.5 Å². The number of halogens is 1. The van der Waals surface area contributed by atoms with Gasteiger partial charge in [-0.05, 0) is 48.9 Å². The topological polar surface area (TPSA) is 94.3 Å². The van der Waals surface area contributed by atoms with Crippen LogP contribution in [0.25, 0.3) is 6.08 Å². The third-order valence-corrected chi connectivity index (χ3v) is 6.52. The quantitative estimate of drug-likeness (QED) is 0.126. The molecule has 4 aromatic carbocycles. The first kappa shape index (κ1) is 26.6. The molecule has 0 bridgehead atoms. The van der Waals surface area contributed by atoms with E-state index in [-0.39, 0.29) is 18.2 Å². The molecular weight excluding hydrogens is 530 g/mol. The fraction of sp³-hybridized carbons (Fsp3) is 0.0968. The van der Waals surface area contributed by atoms with Crippen LogP contribution in [0.1, 0.15) is 23.6 Å². The number of nitro benzene ring substituents is 1. The second kappa shape index (κ2) is 11.8. The van der Waals surface area contributed by atoms with Gasteiger partial charge in [-0.15, -0.1) is 0 Å². The molecule has 0 aliphatic carbocycles. The fourth-order valence-electron chi connectivity index (χ4n) is 4.18. The van der Waals surface area contributed by atoms with Crippen molar-refractivity contribution in [3.63, 3.8) is 0 Å². The minimum atomic E-state index is -0.489. The Hall–Kier alpha value is -4.95. The molecular formula is C31H24ClN3O5. The summed E-state index contributed by atoms with van der Waals surface area (Å²) in [6, 6.07) is 28.0. The minimum absolute atomic E-state index is 0.0706. The summed E-state index contributed by atoms with van der Waals surface area (Å²) in [5.41, 5.74) is 3.54. The van der Waals surface area contributed by atoms with E-state index < -0.39 is 4.92 Å². The lowest BCUT2D eigenvalue weighted by Gasteiger charge is -2.14. The maximum atomic E-state index is 13.6. The Labute approximate surface area is 235 Å². The Morgan fingerprint density at radius 2 is 1.65 bits per heavy atom. The number of carbonyl (C=O) groups is 1. The van der Waals surface area contributed by atoms with Gasteiger partial charge in [0.15, 0.2) is 11.5 Å². The third-order valence-electron chi connectivity index (χ3n) is 6.15. The molecule has 40 heavy (non-hydrogen) atoms. The molecule has 0 aromatic heterocycles. The van der Waals surface area contributed by atoms with Gasteiger partial charge in [0.05, 0.1) is 22.8 Å². The highest BCUT2D eigenvalue weighted by Crippen LogP contribution is 2.33. The van der Waals surface area contributed by atoms with Crippen LogP contribution < -0.4 is 14.5 Å². The van der Waals surface area contributed by atoms with Gasteiger partial charge >= 0.3 is 0 Å². The van der Waals surface area contributed by atoms with Crippen LogP contribution in [0.2, 0.25) is 5.02 Å². The Bertz CT molecular complexity index is 1620. The summed E-state index contributed by atoms with van der Waals surface area (Å²) in [4.78, 5) is 24.2. The lowest BCUT2D eigenvalue weighted by Crippen LogP contribution is -2.21. The highest BCUT2D eigenvalue weighted by atomic mass is 35.5. The molecule has 0 atom stereocenters. The summed E-state index contributed by atoms with van der Waals surface area (Å²) in [5, 5.41) is 17.6. The van der Waals surface area contributed by atoms with E-state index in [2.05, 4.69) is 5.10 Å². The second-order valence-electron chi connectivity index (χ2n) is 8.78. The van der Waals surface area contributed by atoms with Gasteiger partial charge in [-0.25, -0.2) is 0 Å². The third kappa shape index (κ3) is 5.72. The number of non-ortho nitro benzene ring substituents is 1. The molecule has 1 aliphatic heterocycles. The van der Waals surface area contributed by atoms with E-state index in [0.29, 0.717) is 45.7 Å². The first-order valence-electron chi connectivity index (χ1n) is 12.5. The highest BCUT2D eigenvalue weighted by Gasteiger charge is 2.32. The molecule has 9 heteroatoms. The van der Waals surface area contributed by atoms with Gasteiger partial charge in [-0.3, -0.25) is 14.9 Å². The smallest absolute Gasteiger partial charge is 0.281 e. The molecule has 1 aliphatic rings. The molecule has 1 amide bonds. The summed E-state index contributed by atoms with van der Waals surface area (Å²) in [6.07, 6.45) is 1.75. The number of nitro groups is 1. The SMILES string of the molecule is CCOc1cc(/C=C2/C(=O)N(c3ccc([N+](=O)[O-])cc3)N=C2c2ccccc2)ccc1OCc1ccccc1Cl. The number of hydrogen-bond donors (Lipinski definition) is 0. The number of hydrazone groups is 1. The van der Waals surface area contributed by atoms with Gasteiger partial charge in [0.1, 0.15) is 12.3 Å². The van der Waals surface area contributed by atoms with Crippen molar-refractivity contribution in [2.45, 2.75) is 13.5 Å². The number of nitrogens with zero attached hydrogens (tertiary/aromatic N) is 3.